The number of carbonyl (C=O) groups is 1. The number of primary amides is 1. The molecule has 7 heteroatoms. The molecule has 1 amide bonds. The number of nitrogens with two attached hydrogens (primary N) is 1. The maximum atomic E-state index is 14.3. The van der Waals surface area contributed by atoms with Gasteiger partial charge in [0.25, 0.3) is 5.91 Å². The van der Waals surface area contributed by atoms with E-state index in [4.69, 9.17) is 22.1 Å². The highest BCUT2D eigenvalue weighted by atomic mass is 35.5. The van der Waals surface area contributed by atoms with E-state index in [-0.39, 0.29) is 28.6 Å². The van der Waals surface area contributed by atoms with E-state index in [0.29, 0.717) is 17.7 Å². The maximum absolute atomic E-state index is 14.3. The van der Waals surface area contributed by atoms with Gasteiger partial charge in [0.2, 0.25) is 0 Å². The molecule has 0 saturated heterocycles. The Kier molecular flexibility index (Phi) is 4.04. The summed E-state index contributed by atoms with van der Waals surface area (Å²) in [7, 11) is 0. The minimum absolute atomic E-state index is 0.0483. The predicted molar refractivity (Wildman–Crippen MR) is 83.6 cm³/mol. The quantitative estimate of drug-likeness (QED) is 0.914. The summed E-state index contributed by atoms with van der Waals surface area (Å²) in [5.41, 5.74) is 7.43. The Balaban J connectivity index is 2.28. The number of hydrogen-bond acceptors (Lipinski definition) is 4. The standard InChI is InChI=1S/C16H15ClFN3O2/c1-7-3-10-11(15-12(18)4-9(17)6-20-15)5-13(16(19)22)21-14(10)8(2)23-7/h4-8H,3H2,1-2H3,(H2,19,22)/t7-,8+/m0/s1. The molecule has 0 aromatic carbocycles. The largest absolute Gasteiger partial charge is 0.369 e. The van der Waals surface area contributed by atoms with Gasteiger partial charge < -0.3 is 10.5 Å². The molecule has 1 aliphatic heterocycles. The lowest BCUT2D eigenvalue weighted by Gasteiger charge is -2.29. The third-order valence-electron chi connectivity index (χ3n) is 3.78. The first-order valence-electron chi connectivity index (χ1n) is 7.17. The molecule has 2 aromatic heterocycles. The highest BCUT2D eigenvalue weighted by Crippen LogP contribution is 2.36. The SMILES string of the molecule is C[C@H]1Cc2c(-c3ncc(Cl)cc3F)cc(C(N)=O)nc2[C@@H](C)O1. The Bertz CT molecular complexity index is 797. The number of nitrogens with zero attached hydrogens (tertiary/aromatic N) is 2. The highest BCUT2D eigenvalue weighted by molar-refractivity contribution is 6.30. The second-order valence-electron chi connectivity index (χ2n) is 5.56. The van der Waals surface area contributed by atoms with Crippen molar-refractivity contribution < 1.29 is 13.9 Å². The molecule has 0 saturated carbocycles. The molecule has 0 unspecified atom stereocenters. The summed E-state index contributed by atoms with van der Waals surface area (Å²) in [5.74, 6) is -1.25. The fourth-order valence-electron chi connectivity index (χ4n) is 2.84. The lowest BCUT2D eigenvalue weighted by Crippen LogP contribution is -2.26. The van der Waals surface area contributed by atoms with Gasteiger partial charge in [-0.2, -0.15) is 0 Å². The number of pyridine rings is 2. The Morgan fingerprint density at radius 1 is 1.43 bits per heavy atom. The molecule has 5 nitrogen and oxygen atoms in total. The molecule has 1 aliphatic rings. The molecule has 3 rings (SSSR count). The van der Waals surface area contributed by atoms with Crippen LogP contribution in [0, 0.1) is 5.82 Å². The van der Waals surface area contributed by atoms with Crippen molar-refractivity contribution in [1.82, 2.24) is 9.97 Å². The zero-order valence-corrected chi connectivity index (χ0v) is 13.4. The smallest absolute Gasteiger partial charge is 0.267 e. The molecule has 0 spiro atoms. The van der Waals surface area contributed by atoms with Crippen LogP contribution in [-0.2, 0) is 11.2 Å². The highest BCUT2D eigenvalue weighted by Gasteiger charge is 2.29. The fourth-order valence-corrected chi connectivity index (χ4v) is 2.99. The van der Waals surface area contributed by atoms with Crippen molar-refractivity contribution in [2.75, 3.05) is 0 Å². The first-order chi connectivity index (χ1) is 10.9. The molecular formula is C16H15ClFN3O2. The van der Waals surface area contributed by atoms with Crippen LogP contribution in [0.15, 0.2) is 18.3 Å². The van der Waals surface area contributed by atoms with Gasteiger partial charge in [0.05, 0.1) is 22.9 Å². The van der Waals surface area contributed by atoms with Crippen LogP contribution in [0.25, 0.3) is 11.3 Å². The minimum Gasteiger partial charge on any atom is -0.369 e. The van der Waals surface area contributed by atoms with Gasteiger partial charge in [0.1, 0.15) is 11.4 Å². The van der Waals surface area contributed by atoms with Gasteiger partial charge in [-0.1, -0.05) is 11.6 Å². The summed E-state index contributed by atoms with van der Waals surface area (Å²) in [4.78, 5) is 19.9. The van der Waals surface area contributed by atoms with Gasteiger partial charge in [-0.3, -0.25) is 9.78 Å². The normalized spacial score (nSPS) is 20.2. The molecule has 2 atom stereocenters. The van der Waals surface area contributed by atoms with Crippen LogP contribution in [0.4, 0.5) is 4.39 Å². The number of fused-ring (bicyclic) bond motifs is 1. The summed E-state index contributed by atoms with van der Waals surface area (Å²) in [5, 5.41) is 0.203. The van der Waals surface area contributed by atoms with Crippen LogP contribution < -0.4 is 5.73 Å². The van der Waals surface area contributed by atoms with Gasteiger partial charge in [0, 0.05) is 18.2 Å². The zero-order valence-electron chi connectivity index (χ0n) is 12.6. The average Bonchev–Trinajstić information content (AvgIpc) is 2.46. The third kappa shape index (κ3) is 2.92. The van der Waals surface area contributed by atoms with Crippen LogP contribution in [0.2, 0.25) is 5.02 Å². The number of hydrogen-bond donors (Lipinski definition) is 1. The van der Waals surface area contributed by atoms with E-state index in [1.54, 1.807) is 0 Å². The zero-order chi connectivity index (χ0) is 16.7. The van der Waals surface area contributed by atoms with Crippen LogP contribution in [0.5, 0.6) is 0 Å². The van der Waals surface area contributed by atoms with Gasteiger partial charge in [-0.15, -0.1) is 0 Å². The Morgan fingerprint density at radius 3 is 2.83 bits per heavy atom. The third-order valence-corrected chi connectivity index (χ3v) is 3.99. The Morgan fingerprint density at radius 2 is 2.17 bits per heavy atom. The first kappa shape index (κ1) is 15.8. The van der Waals surface area contributed by atoms with Crippen LogP contribution in [-0.4, -0.2) is 22.0 Å². The lowest BCUT2D eigenvalue weighted by atomic mass is 9.92. The molecule has 0 fully saturated rings. The number of halogens is 2. The summed E-state index contributed by atoms with van der Waals surface area (Å²) in [6.45, 7) is 3.76. The van der Waals surface area contributed by atoms with E-state index in [1.165, 1.54) is 18.3 Å². The van der Waals surface area contributed by atoms with E-state index < -0.39 is 11.7 Å². The number of rotatable bonds is 2. The van der Waals surface area contributed by atoms with E-state index >= 15 is 0 Å². The molecule has 0 aliphatic carbocycles. The van der Waals surface area contributed by atoms with Crippen LogP contribution >= 0.6 is 11.6 Å². The van der Waals surface area contributed by atoms with E-state index in [1.807, 2.05) is 13.8 Å². The van der Waals surface area contributed by atoms with Crippen molar-refractivity contribution >= 4 is 17.5 Å². The second-order valence-corrected chi connectivity index (χ2v) is 6.00. The topological polar surface area (TPSA) is 78.1 Å². The molecule has 2 aromatic rings. The summed E-state index contributed by atoms with van der Waals surface area (Å²) < 4.78 is 20.1. The molecule has 0 bridgehead atoms. The van der Waals surface area contributed by atoms with Crippen LogP contribution in [0.1, 0.15) is 41.7 Å². The second kappa shape index (κ2) is 5.86. The minimum atomic E-state index is -0.686. The summed E-state index contributed by atoms with van der Waals surface area (Å²) >= 11 is 5.77. The van der Waals surface area contributed by atoms with E-state index in [0.717, 1.165) is 5.56 Å². The fraction of sp³-hybridized carbons (Fsp3) is 0.312. The van der Waals surface area contributed by atoms with Crippen molar-refractivity contribution in [3.63, 3.8) is 0 Å². The van der Waals surface area contributed by atoms with Gasteiger partial charge in [-0.05, 0) is 31.5 Å². The van der Waals surface area contributed by atoms with Crippen molar-refractivity contribution in [1.29, 1.82) is 0 Å². The summed E-state index contributed by atoms with van der Waals surface area (Å²) in [6.07, 6.45) is 1.54. The summed E-state index contributed by atoms with van der Waals surface area (Å²) in [6, 6.07) is 2.66. The lowest BCUT2D eigenvalue weighted by molar-refractivity contribution is -0.00740. The van der Waals surface area contributed by atoms with Crippen molar-refractivity contribution in [2.24, 2.45) is 5.73 Å². The number of ether oxygens (including phenoxy) is 1. The van der Waals surface area contributed by atoms with Crippen LogP contribution in [0.3, 0.4) is 0 Å². The molecule has 120 valence electrons. The molecular weight excluding hydrogens is 321 g/mol. The average molecular weight is 336 g/mol. The Labute approximate surface area is 137 Å². The molecule has 2 N–H and O–H groups in total. The van der Waals surface area contributed by atoms with Gasteiger partial charge in [-0.25, -0.2) is 9.37 Å². The number of amides is 1. The Hall–Kier alpha value is -2.05. The van der Waals surface area contributed by atoms with Crippen molar-refractivity contribution in [3.05, 3.63) is 46.1 Å². The van der Waals surface area contributed by atoms with E-state index in [9.17, 15) is 9.18 Å². The molecule has 0 radical (unpaired) electrons. The van der Waals surface area contributed by atoms with Gasteiger partial charge >= 0.3 is 0 Å². The maximum Gasteiger partial charge on any atom is 0.267 e. The number of carbonyl (C=O) groups excluding carboxylic acids is 1. The van der Waals surface area contributed by atoms with Gasteiger partial charge in [0.15, 0.2) is 5.82 Å². The number of aromatic nitrogens is 2. The molecule has 3 heterocycles. The first-order valence-corrected chi connectivity index (χ1v) is 7.55. The van der Waals surface area contributed by atoms with Crippen molar-refractivity contribution in [3.8, 4) is 11.3 Å². The predicted octanol–water partition coefficient (Wildman–Crippen LogP) is 3.06. The molecule has 23 heavy (non-hydrogen) atoms. The monoisotopic (exact) mass is 335 g/mol. The van der Waals surface area contributed by atoms with E-state index in [2.05, 4.69) is 9.97 Å². The van der Waals surface area contributed by atoms with Crippen molar-refractivity contribution in [2.45, 2.75) is 32.5 Å².